The molecule has 2 N–H and O–H groups in total. The van der Waals surface area contributed by atoms with Crippen LogP contribution in [0.25, 0.3) is 0 Å². The lowest BCUT2D eigenvalue weighted by Gasteiger charge is -2.24. The van der Waals surface area contributed by atoms with E-state index in [0.29, 0.717) is 11.8 Å². The molecule has 90 valence electrons. The fraction of sp³-hybridized carbons (Fsp3) is 0.909. The summed E-state index contributed by atoms with van der Waals surface area (Å²) in [5.41, 5.74) is 5.48. The van der Waals surface area contributed by atoms with Gasteiger partial charge in [-0.15, -0.1) is 11.8 Å². The summed E-state index contributed by atoms with van der Waals surface area (Å²) in [5, 5.41) is 0.510. The van der Waals surface area contributed by atoms with Crippen LogP contribution in [-0.2, 0) is 4.79 Å². The Kier molecular flexibility index (Phi) is 7.88. The molecule has 0 rings (SSSR count). The highest BCUT2D eigenvalue weighted by atomic mass is 32.2. The average Bonchev–Trinajstić information content (AvgIpc) is 2.19. The second kappa shape index (κ2) is 7.99. The molecule has 0 aromatic rings. The first-order valence-corrected chi connectivity index (χ1v) is 6.65. The van der Waals surface area contributed by atoms with Gasteiger partial charge in [0, 0.05) is 18.3 Å². The van der Waals surface area contributed by atoms with Crippen molar-refractivity contribution in [3.63, 3.8) is 0 Å². The third-order valence-electron chi connectivity index (χ3n) is 2.43. The fourth-order valence-electron chi connectivity index (χ4n) is 1.50. The molecule has 0 heterocycles. The zero-order valence-corrected chi connectivity index (χ0v) is 11.1. The number of carbonyl (C=O) groups excluding carboxylic acids is 1. The molecular weight excluding hydrogens is 208 g/mol. The summed E-state index contributed by atoms with van der Waals surface area (Å²) in [6, 6.07) is 0. The zero-order chi connectivity index (χ0) is 11.8. The van der Waals surface area contributed by atoms with Crippen molar-refractivity contribution in [2.45, 2.75) is 44.6 Å². The third kappa shape index (κ3) is 5.42. The molecule has 0 radical (unpaired) electrons. The lowest BCUT2D eigenvalue weighted by molar-refractivity contribution is -0.129. The highest BCUT2D eigenvalue weighted by Crippen LogP contribution is 2.21. The van der Waals surface area contributed by atoms with Crippen LogP contribution in [0.15, 0.2) is 0 Å². The molecule has 0 aromatic carbocycles. The molecular formula is C11H24N2OS. The molecule has 0 aliphatic rings. The second-order valence-electron chi connectivity index (χ2n) is 3.68. The number of nitrogens with zero attached hydrogens (tertiary/aromatic N) is 1. The molecule has 0 bridgehead atoms. The summed E-state index contributed by atoms with van der Waals surface area (Å²) in [4.78, 5) is 13.8. The van der Waals surface area contributed by atoms with Crippen LogP contribution >= 0.6 is 11.8 Å². The number of amides is 1. The van der Waals surface area contributed by atoms with Gasteiger partial charge in [0.1, 0.15) is 0 Å². The summed E-state index contributed by atoms with van der Waals surface area (Å²) >= 11 is 1.72. The van der Waals surface area contributed by atoms with Crippen LogP contribution in [0.1, 0.15) is 34.1 Å². The van der Waals surface area contributed by atoms with Crippen molar-refractivity contribution >= 4 is 17.7 Å². The number of hydrogen-bond donors (Lipinski definition) is 1. The van der Waals surface area contributed by atoms with Crippen molar-refractivity contribution in [2.24, 2.45) is 5.73 Å². The maximum atomic E-state index is 11.9. The number of thioether (sulfide) groups is 1. The largest absolute Gasteiger partial charge is 0.342 e. The van der Waals surface area contributed by atoms with E-state index in [1.54, 1.807) is 11.8 Å². The van der Waals surface area contributed by atoms with Crippen molar-refractivity contribution in [2.75, 3.05) is 19.6 Å². The van der Waals surface area contributed by atoms with E-state index in [9.17, 15) is 4.79 Å². The van der Waals surface area contributed by atoms with Gasteiger partial charge in [0.25, 0.3) is 0 Å². The van der Waals surface area contributed by atoms with Crippen LogP contribution in [0.5, 0.6) is 0 Å². The number of hydrogen-bond acceptors (Lipinski definition) is 3. The summed E-state index contributed by atoms with van der Waals surface area (Å²) in [6.45, 7) is 10.4. The Hall–Kier alpha value is -0.220. The molecule has 0 spiro atoms. The van der Waals surface area contributed by atoms with Gasteiger partial charge < -0.3 is 10.6 Å². The fourth-order valence-corrected chi connectivity index (χ4v) is 2.74. The van der Waals surface area contributed by atoms with E-state index in [1.165, 1.54) is 0 Å². The van der Waals surface area contributed by atoms with E-state index in [-0.39, 0.29) is 11.2 Å². The molecule has 0 fully saturated rings. The van der Waals surface area contributed by atoms with E-state index < -0.39 is 0 Å². The maximum absolute atomic E-state index is 11.9. The molecule has 2 unspecified atom stereocenters. The van der Waals surface area contributed by atoms with Gasteiger partial charge in [-0.3, -0.25) is 4.79 Å². The molecule has 0 aliphatic heterocycles. The van der Waals surface area contributed by atoms with Gasteiger partial charge in [-0.25, -0.2) is 0 Å². The minimum absolute atomic E-state index is 0.0476. The molecule has 0 aromatic heterocycles. The molecule has 0 saturated heterocycles. The molecule has 0 saturated carbocycles. The first kappa shape index (κ1) is 14.8. The molecule has 3 nitrogen and oxygen atoms in total. The van der Waals surface area contributed by atoms with Gasteiger partial charge in [0.2, 0.25) is 5.91 Å². The number of nitrogens with two attached hydrogens (primary N) is 1. The Balaban J connectivity index is 4.07. The molecule has 15 heavy (non-hydrogen) atoms. The van der Waals surface area contributed by atoms with Crippen molar-refractivity contribution in [1.82, 2.24) is 4.90 Å². The van der Waals surface area contributed by atoms with Gasteiger partial charge in [-0.2, -0.15) is 0 Å². The molecule has 0 aliphatic carbocycles. The van der Waals surface area contributed by atoms with Crippen LogP contribution < -0.4 is 5.73 Å². The van der Waals surface area contributed by atoms with E-state index in [4.69, 9.17) is 5.73 Å². The molecule has 1 amide bonds. The highest BCUT2D eigenvalue weighted by Gasteiger charge is 2.20. The SMILES string of the molecule is CCN(CC)C(=O)C(C)SC(C)CCN. The minimum Gasteiger partial charge on any atom is -0.342 e. The summed E-state index contributed by atoms with van der Waals surface area (Å²) < 4.78 is 0. The van der Waals surface area contributed by atoms with Gasteiger partial charge >= 0.3 is 0 Å². The summed E-state index contributed by atoms with van der Waals surface area (Å²) in [6.07, 6.45) is 0.973. The summed E-state index contributed by atoms with van der Waals surface area (Å²) in [5.74, 6) is 0.244. The van der Waals surface area contributed by atoms with Crippen molar-refractivity contribution < 1.29 is 4.79 Å². The van der Waals surface area contributed by atoms with Crippen LogP contribution in [0, 0.1) is 0 Å². The third-order valence-corrected chi connectivity index (χ3v) is 3.74. The highest BCUT2D eigenvalue weighted by molar-refractivity contribution is 8.01. The first-order chi connectivity index (χ1) is 7.06. The van der Waals surface area contributed by atoms with Gasteiger partial charge in [0.15, 0.2) is 0 Å². The summed E-state index contributed by atoms with van der Waals surface area (Å²) in [7, 11) is 0. The van der Waals surface area contributed by atoms with Gasteiger partial charge in [-0.05, 0) is 33.7 Å². The number of carbonyl (C=O) groups is 1. The second-order valence-corrected chi connectivity index (χ2v) is 5.46. The number of rotatable bonds is 7. The Morgan fingerprint density at radius 1 is 1.33 bits per heavy atom. The Bertz CT molecular complexity index is 183. The lowest BCUT2D eigenvalue weighted by Crippen LogP contribution is -2.36. The van der Waals surface area contributed by atoms with Crippen molar-refractivity contribution in [3.8, 4) is 0 Å². The van der Waals surface area contributed by atoms with E-state index in [1.807, 2.05) is 25.7 Å². The normalized spacial score (nSPS) is 14.7. The monoisotopic (exact) mass is 232 g/mol. The quantitative estimate of drug-likeness (QED) is 0.727. The predicted molar refractivity (Wildman–Crippen MR) is 68.1 cm³/mol. The van der Waals surface area contributed by atoms with Crippen LogP contribution in [0.2, 0.25) is 0 Å². The van der Waals surface area contributed by atoms with Crippen molar-refractivity contribution in [3.05, 3.63) is 0 Å². The van der Waals surface area contributed by atoms with E-state index in [2.05, 4.69) is 6.92 Å². The van der Waals surface area contributed by atoms with Crippen LogP contribution in [-0.4, -0.2) is 40.9 Å². The van der Waals surface area contributed by atoms with Gasteiger partial charge in [-0.1, -0.05) is 6.92 Å². The van der Waals surface area contributed by atoms with E-state index >= 15 is 0 Å². The minimum atomic E-state index is 0.0476. The molecule has 2 atom stereocenters. The Morgan fingerprint density at radius 3 is 2.27 bits per heavy atom. The first-order valence-electron chi connectivity index (χ1n) is 5.71. The van der Waals surface area contributed by atoms with E-state index in [0.717, 1.165) is 19.5 Å². The predicted octanol–water partition coefficient (Wildman–Crippen LogP) is 1.71. The Labute approximate surface area is 97.8 Å². The lowest BCUT2D eigenvalue weighted by atomic mass is 10.3. The topological polar surface area (TPSA) is 46.3 Å². The van der Waals surface area contributed by atoms with Gasteiger partial charge in [0.05, 0.1) is 5.25 Å². The standard InChI is InChI=1S/C11H24N2OS/c1-5-13(6-2)11(14)10(4)15-9(3)7-8-12/h9-10H,5-8,12H2,1-4H3. The average molecular weight is 232 g/mol. The smallest absolute Gasteiger partial charge is 0.235 e. The van der Waals surface area contributed by atoms with Crippen molar-refractivity contribution in [1.29, 1.82) is 0 Å². The zero-order valence-electron chi connectivity index (χ0n) is 10.3. The van der Waals surface area contributed by atoms with Crippen LogP contribution in [0.4, 0.5) is 0 Å². The maximum Gasteiger partial charge on any atom is 0.235 e. The molecule has 4 heteroatoms. The Morgan fingerprint density at radius 2 is 1.87 bits per heavy atom. The van der Waals surface area contributed by atoms with Crippen LogP contribution in [0.3, 0.4) is 0 Å².